The first-order valence-corrected chi connectivity index (χ1v) is 10.6. The van der Waals surface area contributed by atoms with Crippen LogP contribution < -0.4 is 0 Å². The minimum absolute atomic E-state index is 0.0530. The second-order valence-electron chi connectivity index (χ2n) is 7.17. The van der Waals surface area contributed by atoms with Crippen LogP contribution in [-0.4, -0.2) is 50.5 Å². The zero-order valence-corrected chi connectivity index (χ0v) is 18.1. The van der Waals surface area contributed by atoms with Crippen molar-refractivity contribution in [3.8, 4) is 11.3 Å². The number of carboxylic acid groups (broad SMARTS) is 2. The molecule has 0 saturated carbocycles. The Morgan fingerprint density at radius 3 is 2.15 bits per heavy atom. The molecule has 0 aliphatic carbocycles. The second-order valence-corrected chi connectivity index (χ2v) is 8.16. The molecule has 1 aliphatic rings. The van der Waals surface area contributed by atoms with Gasteiger partial charge in [0.05, 0.1) is 22.6 Å². The lowest BCUT2D eigenvalue weighted by atomic mass is 10.0. The number of carboxylic acids is 2. The number of rotatable bonds is 7. The van der Waals surface area contributed by atoms with Crippen molar-refractivity contribution in [1.82, 2.24) is 4.90 Å². The van der Waals surface area contributed by atoms with E-state index in [1.807, 2.05) is 0 Å². The first-order chi connectivity index (χ1) is 16.2. The van der Waals surface area contributed by atoms with Crippen molar-refractivity contribution in [2.45, 2.75) is 0 Å². The average molecular weight is 477 g/mol. The quantitative estimate of drug-likeness (QED) is 0.377. The van der Waals surface area contributed by atoms with Crippen LogP contribution in [0.15, 0.2) is 70.0 Å². The summed E-state index contributed by atoms with van der Waals surface area (Å²) in [5, 5.41) is 17.9. The molecule has 0 unspecified atom stereocenters. The second kappa shape index (κ2) is 9.20. The summed E-state index contributed by atoms with van der Waals surface area (Å²) < 4.78 is 5.65. The SMILES string of the molecule is O=C(O)c1cc(C(=O)O)cc(-c2ccc(/C=C3/SC(=O)N(CC(=O)c4ccccc4)C3=O)o2)c1. The summed E-state index contributed by atoms with van der Waals surface area (Å²) in [6.45, 7) is -0.393. The van der Waals surface area contributed by atoms with E-state index in [-0.39, 0.29) is 38.9 Å². The maximum atomic E-state index is 12.7. The predicted molar refractivity (Wildman–Crippen MR) is 122 cm³/mol. The Hall–Kier alpha value is -4.44. The Morgan fingerprint density at radius 1 is 0.882 bits per heavy atom. The van der Waals surface area contributed by atoms with Gasteiger partial charge in [-0.2, -0.15) is 0 Å². The number of aromatic carboxylic acids is 2. The number of Topliss-reactive ketones (excluding diaryl/α,β-unsaturated/α-hetero) is 1. The maximum Gasteiger partial charge on any atom is 0.335 e. The van der Waals surface area contributed by atoms with Gasteiger partial charge in [-0.1, -0.05) is 30.3 Å². The van der Waals surface area contributed by atoms with Crippen LogP contribution in [0.5, 0.6) is 0 Å². The number of imide groups is 1. The highest BCUT2D eigenvalue weighted by Crippen LogP contribution is 2.33. The molecule has 3 aromatic rings. The van der Waals surface area contributed by atoms with Crippen LogP contribution in [0, 0.1) is 0 Å². The number of nitrogens with zero attached hydrogens (tertiary/aromatic N) is 1. The van der Waals surface area contributed by atoms with Crippen molar-refractivity contribution >= 4 is 46.7 Å². The molecule has 2 aromatic carbocycles. The number of thioether (sulfide) groups is 1. The smallest absolute Gasteiger partial charge is 0.335 e. The lowest BCUT2D eigenvalue weighted by Crippen LogP contribution is -2.33. The lowest BCUT2D eigenvalue weighted by Gasteiger charge is -2.11. The van der Waals surface area contributed by atoms with E-state index in [4.69, 9.17) is 4.42 Å². The summed E-state index contributed by atoms with van der Waals surface area (Å²) in [7, 11) is 0. The predicted octanol–water partition coefficient (Wildman–Crippen LogP) is 4.26. The topological polar surface area (TPSA) is 142 Å². The molecule has 0 atom stereocenters. The van der Waals surface area contributed by atoms with Gasteiger partial charge in [-0.15, -0.1) is 0 Å². The molecule has 2 heterocycles. The van der Waals surface area contributed by atoms with E-state index < -0.39 is 29.6 Å². The number of carbonyl (C=O) groups excluding carboxylic acids is 3. The van der Waals surface area contributed by atoms with Crippen molar-refractivity contribution in [2.24, 2.45) is 0 Å². The van der Waals surface area contributed by atoms with Crippen LogP contribution in [0.3, 0.4) is 0 Å². The van der Waals surface area contributed by atoms with Crippen molar-refractivity contribution in [2.75, 3.05) is 6.54 Å². The molecule has 1 aromatic heterocycles. The normalized spacial score (nSPS) is 14.6. The zero-order chi connectivity index (χ0) is 24.4. The van der Waals surface area contributed by atoms with E-state index in [1.165, 1.54) is 30.3 Å². The molecule has 2 N–H and O–H groups in total. The minimum Gasteiger partial charge on any atom is -0.478 e. The van der Waals surface area contributed by atoms with Gasteiger partial charge in [0.15, 0.2) is 5.78 Å². The molecule has 0 spiro atoms. The lowest BCUT2D eigenvalue weighted by molar-refractivity contribution is -0.122. The first-order valence-electron chi connectivity index (χ1n) is 9.78. The van der Waals surface area contributed by atoms with Crippen molar-refractivity contribution in [3.05, 3.63) is 88.0 Å². The van der Waals surface area contributed by atoms with Crippen LogP contribution >= 0.6 is 11.8 Å². The van der Waals surface area contributed by atoms with E-state index in [0.717, 1.165) is 11.0 Å². The molecule has 10 heteroatoms. The zero-order valence-electron chi connectivity index (χ0n) is 17.3. The van der Waals surface area contributed by atoms with Crippen molar-refractivity contribution < 1.29 is 38.6 Å². The molecule has 170 valence electrons. The number of hydrogen-bond acceptors (Lipinski definition) is 7. The monoisotopic (exact) mass is 477 g/mol. The standard InChI is InChI=1S/C24H15NO8S/c26-18(13-4-2-1-3-5-13)12-25-21(27)20(34-24(25)32)11-17-6-7-19(33-17)14-8-15(22(28)29)10-16(9-14)23(30)31/h1-11H,12H2,(H,28,29)(H,30,31)/b20-11+. The Labute approximate surface area is 196 Å². The molecule has 9 nitrogen and oxygen atoms in total. The number of amides is 2. The Bertz CT molecular complexity index is 1340. The largest absolute Gasteiger partial charge is 0.478 e. The molecule has 0 bridgehead atoms. The molecular formula is C24H15NO8S. The highest BCUT2D eigenvalue weighted by molar-refractivity contribution is 8.18. The van der Waals surface area contributed by atoms with Gasteiger partial charge in [-0.25, -0.2) is 9.59 Å². The highest BCUT2D eigenvalue weighted by Gasteiger charge is 2.36. The van der Waals surface area contributed by atoms with Gasteiger partial charge in [0.2, 0.25) is 0 Å². The van der Waals surface area contributed by atoms with Gasteiger partial charge in [0, 0.05) is 17.2 Å². The number of hydrogen-bond donors (Lipinski definition) is 2. The third-order valence-corrected chi connectivity index (χ3v) is 5.79. The van der Waals surface area contributed by atoms with Crippen LogP contribution in [-0.2, 0) is 4.79 Å². The summed E-state index contributed by atoms with van der Waals surface area (Å²) in [6, 6.07) is 14.8. The Morgan fingerprint density at radius 2 is 1.53 bits per heavy atom. The van der Waals surface area contributed by atoms with E-state index in [9.17, 15) is 34.2 Å². The fourth-order valence-corrected chi connectivity index (χ4v) is 4.05. The molecule has 2 amide bonds. The fraction of sp³-hybridized carbons (Fsp3) is 0.0417. The number of benzene rings is 2. The summed E-state index contributed by atoms with van der Waals surface area (Å²) >= 11 is 0.662. The van der Waals surface area contributed by atoms with E-state index >= 15 is 0 Å². The third kappa shape index (κ3) is 4.66. The Kier molecular flexibility index (Phi) is 6.15. The fourth-order valence-electron chi connectivity index (χ4n) is 3.23. The molecule has 1 saturated heterocycles. The Balaban J connectivity index is 1.56. The minimum atomic E-state index is -1.30. The summed E-state index contributed by atoms with van der Waals surface area (Å²) in [5.41, 5.74) is 0.151. The number of ketones is 1. The average Bonchev–Trinajstić information content (AvgIpc) is 3.39. The van der Waals surface area contributed by atoms with Crippen LogP contribution in [0.2, 0.25) is 0 Å². The van der Waals surface area contributed by atoms with Gasteiger partial charge in [0.1, 0.15) is 11.5 Å². The molecule has 34 heavy (non-hydrogen) atoms. The van der Waals surface area contributed by atoms with E-state index in [0.29, 0.717) is 17.3 Å². The number of carbonyl (C=O) groups is 5. The van der Waals surface area contributed by atoms with Crippen LogP contribution in [0.1, 0.15) is 36.8 Å². The van der Waals surface area contributed by atoms with Gasteiger partial charge in [0.25, 0.3) is 11.1 Å². The van der Waals surface area contributed by atoms with E-state index in [2.05, 4.69) is 0 Å². The summed E-state index contributed by atoms with van der Waals surface area (Å²) in [6.07, 6.45) is 1.33. The molecular weight excluding hydrogens is 462 g/mol. The summed E-state index contributed by atoms with van der Waals surface area (Å²) in [5.74, 6) is -3.25. The van der Waals surface area contributed by atoms with Crippen molar-refractivity contribution in [3.63, 3.8) is 0 Å². The maximum absolute atomic E-state index is 12.7. The van der Waals surface area contributed by atoms with E-state index in [1.54, 1.807) is 30.3 Å². The third-order valence-electron chi connectivity index (χ3n) is 4.88. The molecule has 1 fully saturated rings. The van der Waals surface area contributed by atoms with Crippen LogP contribution in [0.4, 0.5) is 4.79 Å². The first kappa shape index (κ1) is 22.7. The van der Waals surface area contributed by atoms with Crippen LogP contribution in [0.25, 0.3) is 17.4 Å². The van der Waals surface area contributed by atoms with Gasteiger partial charge >= 0.3 is 11.9 Å². The number of furan rings is 1. The molecule has 1 aliphatic heterocycles. The molecule has 4 rings (SSSR count). The highest BCUT2D eigenvalue weighted by atomic mass is 32.2. The van der Waals surface area contributed by atoms with Crippen molar-refractivity contribution in [1.29, 1.82) is 0 Å². The van der Waals surface area contributed by atoms with Gasteiger partial charge in [-0.05, 0) is 42.1 Å². The molecule has 0 radical (unpaired) electrons. The van der Waals surface area contributed by atoms with Gasteiger partial charge < -0.3 is 14.6 Å². The summed E-state index contributed by atoms with van der Waals surface area (Å²) in [4.78, 5) is 61.0. The van der Waals surface area contributed by atoms with Gasteiger partial charge in [-0.3, -0.25) is 19.3 Å².